The molecule has 0 amide bonds. The molecule has 2 aliphatic heterocycles. The van der Waals surface area contributed by atoms with Gasteiger partial charge in [0.1, 0.15) is 0 Å². The van der Waals surface area contributed by atoms with Crippen molar-refractivity contribution in [1.29, 1.82) is 0 Å². The van der Waals surface area contributed by atoms with E-state index in [1.807, 2.05) is 0 Å². The Morgan fingerprint density at radius 3 is 2.57 bits per heavy atom. The molecule has 2 aromatic rings. The molecule has 1 nitrogen and oxygen atoms in total. The highest BCUT2D eigenvalue weighted by molar-refractivity contribution is 5.66. The lowest BCUT2D eigenvalue weighted by molar-refractivity contribution is 0.566. The minimum absolute atomic E-state index is 0.602. The predicted molar refractivity (Wildman–Crippen MR) is 89.4 cm³/mol. The minimum atomic E-state index is 0.602. The van der Waals surface area contributed by atoms with Crippen molar-refractivity contribution in [2.45, 2.75) is 45.6 Å². The van der Waals surface area contributed by atoms with E-state index in [0.717, 1.165) is 0 Å². The van der Waals surface area contributed by atoms with E-state index in [4.69, 9.17) is 0 Å². The van der Waals surface area contributed by atoms with Gasteiger partial charge in [0.15, 0.2) is 0 Å². The summed E-state index contributed by atoms with van der Waals surface area (Å²) >= 11 is 0. The second-order valence-corrected chi connectivity index (χ2v) is 6.88. The van der Waals surface area contributed by atoms with Gasteiger partial charge in [-0.05, 0) is 56.0 Å². The van der Waals surface area contributed by atoms with Crippen LogP contribution in [0.25, 0.3) is 0 Å². The van der Waals surface area contributed by atoms with E-state index in [-0.39, 0.29) is 0 Å². The Bertz CT molecular complexity index is 716. The van der Waals surface area contributed by atoms with E-state index in [0.29, 0.717) is 17.9 Å². The smallest absolute Gasteiger partial charge is 0.0405 e. The maximum atomic E-state index is 2.61. The number of nitrogens with zero attached hydrogens (tertiary/aromatic N) is 1. The van der Waals surface area contributed by atoms with Crippen LogP contribution in [0.1, 0.15) is 46.6 Å². The Hall–Kier alpha value is -1.76. The predicted octanol–water partition coefficient (Wildman–Crippen LogP) is 4.70. The van der Waals surface area contributed by atoms with Gasteiger partial charge >= 0.3 is 0 Å². The van der Waals surface area contributed by atoms with Crippen LogP contribution in [0, 0.1) is 20.8 Å². The van der Waals surface area contributed by atoms with Crippen LogP contribution in [0.3, 0.4) is 0 Å². The first-order valence-corrected chi connectivity index (χ1v) is 8.01. The molecule has 1 saturated heterocycles. The minimum Gasteiger partial charge on any atom is -0.367 e. The zero-order valence-corrected chi connectivity index (χ0v) is 13.4. The topological polar surface area (TPSA) is 3.24 Å². The molecule has 2 heterocycles. The standard InChI is InChI=1S/C20H23N/c1-12-9-13(2)14(3)17(10-12)20-15(4)21-11-18(20)16-7-5-6-8-19(16)21/h5-10,15,18,20H,11H2,1-4H3. The highest BCUT2D eigenvalue weighted by Crippen LogP contribution is 2.54. The van der Waals surface area contributed by atoms with Gasteiger partial charge in [0, 0.05) is 30.1 Å². The summed E-state index contributed by atoms with van der Waals surface area (Å²) < 4.78 is 0. The van der Waals surface area contributed by atoms with E-state index >= 15 is 0 Å². The number of fused-ring (bicyclic) bond motifs is 5. The Morgan fingerprint density at radius 2 is 1.76 bits per heavy atom. The summed E-state index contributed by atoms with van der Waals surface area (Å²) in [6, 6.07) is 14.3. The zero-order valence-electron chi connectivity index (χ0n) is 13.4. The maximum Gasteiger partial charge on any atom is 0.0405 e. The Kier molecular flexibility index (Phi) is 2.69. The largest absolute Gasteiger partial charge is 0.367 e. The van der Waals surface area contributed by atoms with E-state index in [2.05, 4.69) is 69.0 Å². The SMILES string of the molecule is Cc1cc(C)c(C)c(C2C3CN(c4ccccc43)C2C)c1. The molecule has 1 heteroatoms. The number of anilines is 1. The van der Waals surface area contributed by atoms with Gasteiger partial charge in [0.2, 0.25) is 0 Å². The average Bonchev–Trinajstić information content (AvgIpc) is 2.99. The molecular formula is C20H23N. The van der Waals surface area contributed by atoms with Crippen molar-refractivity contribution in [3.8, 4) is 0 Å². The average molecular weight is 277 g/mol. The van der Waals surface area contributed by atoms with E-state index in [1.54, 1.807) is 11.1 Å². The van der Waals surface area contributed by atoms with Crippen molar-refractivity contribution < 1.29 is 0 Å². The molecule has 21 heavy (non-hydrogen) atoms. The lowest BCUT2D eigenvalue weighted by Gasteiger charge is -2.33. The molecule has 2 aromatic carbocycles. The van der Waals surface area contributed by atoms with Crippen molar-refractivity contribution >= 4 is 5.69 Å². The summed E-state index contributed by atoms with van der Waals surface area (Å²) in [6.45, 7) is 10.4. The third-order valence-corrected chi connectivity index (χ3v) is 5.69. The third-order valence-electron chi connectivity index (χ3n) is 5.69. The van der Waals surface area contributed by atoms with Crippen LogP contribution < -0.4 is 4.90 Å². The Balaban J connectivity index is 1.86. The lowest BCUT2D eigenvalue weighted by Crippen LogP contribution is -2.31. The first-order chi connectivity index (χ1) is 10.1. The van der Waals surface area contributed by atoms with Crippen LogP contribution in [0.4, 0.5) is 5.69 Å². The zero-order chi connectivity index (χ0) is 14.7. The van der Waals surface area contributed by atoms with Gasteiger partial charge in [-0.2, -0.15) is 0 Å². The molecule has 2 bridgehead atoms. The highest BCUT2D eigenvalue weighted by Gasteiger charge is 2.47. The fourth-order valence-corrected chi connectivity index (χ4v) is 4.59. The highest BCUT2D eigenvalue weighted by atomic mass is 15.2. The van der Waals surface area contributed by atoms with Gasteiger partial charge in [-0.1, -0.05) is 35.9 Å². The molecule has 0 aliphatic carbocycles. The number of aryl methyl sites for hydroxylation is 2. The first-order valence-electron chi connectivity index (χ1n) is 8.01. The molecule has 1 fully saturated rings. The molecular weight excluding hydrogens is 254 g/mol. The second kappa shape index (κ2) is 4.37. The number of para-hydroxylation sites is 1. The summed E-state index contributed by atoms with van der Waals surface area (Å²) in [5.41, 5.74) is 8.91. The monoisotopic (exact) mass is 277 g/mol. The Morgan fingerprint density at radius 1 is 1.00 bits per heavy atom. The first kappa shape index (κ1) is 12.9. The van der Waals surface area contributed by atoms with Gasteiger partial charge in [0.05, 0.1) is 0 Å². The van der Waals surface area contributed by atoms with Crippen molar-refractivity contribution in [2.24, 2.45) is 0 Å². The summed E-state index contributed by atoms with van der Waals surface area (Å²) in [5.74, 6) is 1.30. The van der Waals surface area contributed by atoms with Crippen molar-refractivity contribution in [3.05, 3.63) is 64.2 Å². The summed E-state index contributed by atoms with van der Waals surface area (Å²) in [6.07, 6.45) is 0. The van der Waals surface area contributed by atoms with Crippen molar-refractivity contribution in [3.63, 3.8) is 0 Å². The van der Waals surface area contributed by atoms with Gasteiger partial charge in [-0.25, -0.2) is 0 Å². The number of hydrogen-bond acceptors (Lipinski definition) is 1. The van der Waals surface area contributed by atoms with Crippen molar-refractivity contribution in [2.75, 3.05) is 11.4 Å². The van der Waals surface area contributed by atoms with Gasteiger partial charge in [0.25, 0.3) is 0 Å². The third kappa shape index (κ3) is 1.70. The summed E-state index contributed by atoms with van der Waals surface area (Å²) in [4.78, 5) is 2.61. The number of benzene rings is 2. The van der Waals surface area contributed by atoms with Crippen LogP contribution in [-0.4, -0.2) is 12.6 Å². The molecule has 0 N–H and O–H groups in total. The fraction of sp³-hybridized carbons (Fsp3) is 0.400. The van der Waals surface area contributed by atoms with E-state index in [9.17, 15) is 0 Å². The molecule has 108 valence electrons. The van der Waals surface area contributed by atoms with Crippen LogP contribution in [0.2, 0.25) is 0 Å². The van der Waals surface area contributed by atoms with Crippen LogP contribution in [-0.2, 0) is 0 Å². The van der Waals surface area contributed by atoms with E-state index in [1.165, 1.54) is 28.9 Å². The molecule has 0 radical (unpaired) electrons. The van der Waals surface area contributed by atoms with Gasteiger partial charge in [-0.3, -0.25) is 0 Å². The van der Waals surface area contributed by atoms with Gasteiger partial charge in [-0.15, -0.1) is 0 Å². The summed E-state index contributed by atoms with van der Waals surface area (Å²) in [5, 5.41) is 0. The van der Waals surface area contributed by atoms with Gasteiger partial charge < -0.3 is 4.90 Å². The normalized spacial score (nSPS) is 26.3. The van der Waals surface area contributed by atoms with Crippen LogP contribution >= 0.6 is 0 Å². The summed E-state index contributed by atoms with van der Waals surface area (Å²) in [7, 11) is 0. The second-order valence-electron chi connectivity index (χ2n) is 6.88. The molecule has 0 spiro atoms. The fourth-order valence-electron chi connectivity index (χ4n) is 4.59. The van der Waals surface area contributed by atoms with Crippen molar-refractivity contribution in [1.82, 2.24) is 0 Å². The number of rotatable bonds is 1. The Labute approximate surface area is 127 Å². The molecule has 2 aliphatic rings. The van der Waals surface area contributed by atoms with Crippen LogP contribution in [0.15, 0.2) is 36.4 Å². The molecule has 3 atom stereocenters. The molecule has 4 rings (SSSR count). The number of hydrogen-bond donors (Lipinski definition) is 0. The molecule has 3 unspecified atom stereocenters. The molecule has 0 saturated carbocycles. The lowest BCUT2D eigenvalue weighted by atomic mass is 9.76. The van der Waals surface area contributed by atoms with Crippen LogP contribution in [0.5, 0.6) is 0 Å². The maximum absolute atomic E-state index is 2.61. The molecule has 0 aromatic heterocycles. The quantitative estimate of drug-likeness (QED) is 0.730. The van der Waals surface area contributed by atoms with E-state index < -0.39 is 0 Å².